The van der Waals surface area contributed by atoms with Gasteiger partial charge in [0.15, 0.2) is 24.8 Å². The van der Waals surface area contributed by atoms with Gasteiger partial charge in [-0.2, -0.15) is 0 Å². The highest BCUT2D eigenvalue weighted by molar-refractivity contribution is 5.86. The molecular formula is C48H82N8O18. The van der Waals surface area contributed by atoms with Crippen LogP contribution in [0, 0.1) is 0 Å². The van der Waals surface area contributed by atoms with E-state index < -0.39 is 30.8 Å². The van der Waals surface area contributed by atoms with Crippen molar-refractivity contribution in [1.29, 1.82) is 0 Å². The fourth-order valence-corrected chi connectivity index (χ4v) is 9.68. The van der Waals surface area contributed by atoms with Crippen LogP contribution in [0.2, 0.25) is 0 Å². The van der Waals surface area contributed by atoms with E-state index in [-0.39, 0.29) is 127 Å². The first-order chi connectivity index (χ1) is 35.6. The number of benzene rings is 1. The van der Waals surface area contributed by atoms with E-state index in [1.807, 2.05) is 30.3 Å². The monoisotopic (exact) mass is 1060 g/mol. The Morgan fingerprint density at radius 3 is 1.45 bits per heavy atom. The summed E-state index contributed by atoms with van der Waals surface area (Å²) >= 11 is 0. The number of rotatable bonds is 28. The Labute approximate surface area is 434 Å². The normalized spacial score (nSPS) is 24.7. The molecule has 5 fully saturated rings. The maximum Gasteiger partial charge on any atom is 0.327 e. The second kappa shape index (κ2) is 31.4. The lowest BCUT2D eigenvalue weighted by Gasteiger charge is -2.36. The molecular weight excluding hydrogens is 977 g/mol. The number of carbonyl (C=O) groups is 5. The quantitative estimate of drug-likeness (QED) is 0.102. The fourth-order valence-electron chi connectivity index (χ4n) is 9.68. The van der Waals surface area contributed by atoms with E-state index in [1.54, 1.807) is 14.0 Å². The number of aliphatic hydroxyl groups excluding tert-OH is 3. The van der Waals surface area contributed by atoms with Crippen molar-refractivity contribution in [3.05, 3.63) is 35.9 Å². The highest BCUT2D eigenvalue weighted by atomic mass is 16.7. The van der Waals surface area contributed by atoms with Crippen LogP contribution < -0.4 is 0 Å². The number of hydrogen-bond acceptors (Lipinski definition) is 18. The van der Waals surface area contributed by atoms with E-state index in [2.05, 4.69) is 13.8 Å². The zero-order chi connectivity index (χ0) is 54.5. The summed E-state index contributed by atoms with van der Waals surface area (Å²) in [6.45, 7) is 7.50. The number of ether oxygens (including phenoxy) is 10. The molecule has 1 aromatic carbocycles. The van der Waals surface area contributed by atoms with E-state index in [1.165, 1.54) is 81.7 Å². The van der Waals surface area contributed by atoms with Crippen LogP contribution in [-0.4, -0.2) is 256 Å². The molecule has 26 nitrogen and oxygen atoms in total. The number of fused-ring (bicyclic) bond motifs is 2. The van der Waals surface area contributed by atoms with Crippen molar-refractivity contribution in [2.24, 2.45) is 0 Å². The smallest absolute Gasteiger partial charge is 0.327 e. The van der Waals surface area contributed by atoms with Gasteiger partial charge in [-0.1, -0.05) is 50.6 Å². The van der Waals surface area contributed by atoms with Crippen molar-refractivity contribution >= 4 is 30.1 Å². The molecule has 8 atom stereocenters. The Morgan fingerprint density at radius 2 is 1.05 bits per heavy atom. The van der Waals surface area contributed by atoms with E-state index in [9.17, 15) is 39.3 Å². The zero-order valence-electron chi connectivity index (χ0n) is 44.7. The van der Waals surface area contributed by atoms with Crippen LogP contribution in [0.5, 0.6) is 0 Å². The minimum Gasteiger partial charge on any atom is -0.463 e. The number of urea groups is 4. The maximum absolute atomic E-state index is 13.2. The molecule has 6 rings (SSSR count). The summed E-state index contributed by atoms with van der Waals surface area (Å²) in [6.07, 6.45) is 1.16. The maximum atomic E-state index is 13.2. The molecule has 0 aliphatic carbocycles. The van der Waals surface area contributed by atoms with Gasteiger partial charge < -0.3 is 62.7 Å². The van der Waals surface area contributed by atoms with Gasteiger partial charge in [0.05, 0.1) is 38.1 Å². The lowest BCUT2D eigenvalue weighted by molar-refractivity contribution is -0.249. The highest BCUT2D eigenvalue weighted by Gasteiger charge is 2.60. The van der Waals surface area contributed by atoms with Crippen molar-refractivity contribution in [1.82, 2.24) is 39.2 Å². The molecule has 26 heteroatoms. The predicted octanol–water partition coefficient (Wildman–Crippen LogP) is 2.38. The van der Waals surface area contributed by atoms with Crippen molar-refractivity contribution in [3.8, 4) is 0 Å². The number of amides is 8. The fraction of sp³-hybridized carbons (Fsp3) is 0.771. The minimum absolute atomic E-state index is 0.0137. The Hall–Kier alpha value is -4.71. The predicted molar refractivity (Wildman–Crippen MR) is 262 cm³/mol. The second-order valence-electron chi connectivity index (χ2n) is 18.1. The first-order valence-electron chi connectivity index (χ1n) is 24.9. The molecule has 74 heavy (non-hydrogen) atoms. The molecule has 8 unspecified atom stereocenters. The number of hydrogen-bond donors (Lipinski definition) is 3. The van der Waals surface area contributed by atoms with E-state index >= 15 is 0 Å². The summed E-state index contributed by atoms with van der Waals surface area (Å²) in [6, 6.07) is 8.35. The van der Waals surface area contributed by atoms with Gasteiger partial charge in [-0.15, -0.1) is 0 Å². The molecule has 0 radical (unpaired) electrons. The molecule has 3 N–H and O–H groups in total. The molecule has 0 bridgehead atoms. The topological polar surface area (TPSA) is 264 Å². The first-order valence-corrected chi connectivity index (χ1v) is 24.9. The van der Waals surface area contributed by atoms with Crippen molar-refractivity contribution in [2.45, 2.75) is 128 Å². The largest absolute Gasteiger partial charge is 0.463 e. The van der Waals surface area contributed by atoms with Crippen LogP contribution in [0.3, 0.4) is 0 Å². The van der Waals surface area contributed by atoms with Crippen LogP contribution in [-0.2, 0) is 52.2 Å². The highest BCUT2D eigenvalue weighted by Crippen LogP contribution is 2.37. The van der Waals surface area contributed by atoms with Gasteiger partial charge in [0, 0.05) is 75.5 Å². The molecule has 0 spiro atoms. The first kappa shape index (κ1) is 61.8. The molecule has 0 aromatic heterocycles. The average molecular weight is 1060 g/mol. The number of carbonyl (C=O) groups excluding carboxylic acids is 5. The van der Waals surface area contributed by atoms with Gasteiger partial charge in [0.2, 0.25) is 0 Å². The van der Waals surface area contributed by atoms with E-state index in [4.69, 9.17) is 47.4 Å². The summed E-state index contributed by atoms with van der Waals surface area (Å²) in [4.78, 5) is 73.7. The van der Waals surface area contributed by atoms with Crippen LogP contribution >= 0.6 is 0 Å². The minimum atomic E-state index is -0.621. The summed E-state index contributed by atoms with van der Waals surface area (Å²) in [7, 11) is 9.00. The molecule has 5 saturated heterocycles. The number of esters is 1. The SMILES string of the molecule is CCCC1OC(CC)CC(CC(O)CC(C)OC(C)=O)O1.COCC(OCN1C(=O)N(COC)C2C1N(COC)C(=O)N2COC)c1ccccc1.COCN1C(=O)N(CCO)C2C1N(COC)C(=O)N2CCO. The van der Waals surface area contributed by atoms with E-state index in [0.717, 1.165) is 31.2 Å². The Balaban J connectivity index is 0.000000247. The number of aliphatic hydroxyl groups is 3. The third kappa shape index (κ3) is 15.7. The Morgan fingerprint density at radius 1 is 0.635 bits per heavy atom. The molecule has 422 valence electrons. The third-order valence-electron chi connectivity index (χ3n) is 12.7. The van der Waals surface area contributed by atoms with Gasteiger partial charge in [-0.05, 0) is 31.7 Å². The van der Waals surface area contributed by atoms with Crippen molar-refractivity contribution in [2.75, 3.05) is 116 Å². The summed E-state index contributed by atoms with van der Waals surface area (Å²) < 4.78 is 54.0. The lowest BCUT2D eigenvalue weighted by atomic mass is 9.99. The molecule has 8 amide bonds. The number of β-amino-alcohol motifs (C(OH)–C–C–N with tert-alkyl or cyclic N) is 2. The number of nitrogens with zero attached hydrogens (tertiary/aromatic N) is 8. The van der Waals surface area contributed by atoms with Crippen LogP contribution in [0.15, 0.2) is 30.3 Å². The Kier molecular flexibility index (Phi) is 26.2. The summed E-state index contributed by atoms with van der Waals surface area (Å²) in [5, 5.41) is 28.5. The van der Waals surface area contributed by atoms with Crippen molar-refractivity contribution in [3.63, 3.8) is 0 Å². The third-order valence-corrected chi connectivity index (χ3v) is 12.7. The number of methoxy groups -OCH3 is 6. The average Bonchev–Trinajstić information content (AvgIpc) is 3.99. The van der Waals surface area contributed by atoms with Crippen LogP contribution in [0.25, 0.3) is 0 Å². The standard InChI is InChI=1S/C20H30N4O7.C16H30O5.C12H22N4O6/c1-27-10-16(15-8-6-5-7-9-15)31-14-24-18-17(22(12-29-3)20(24)26)21(11-28-2)19(25)23(18)13-30-4;1-5-7-16-20-14(6-2)10-15(21-16)9-13(18)8-11(3)19-12(4)17;1-21-7-15-10-9(13(3-5-17)11(15)19)14(4-6-18)12(20)16(10)8-22-2/h5-9,16-18H,10-14H2,1-4H3;11,13-16,18H,5-10H2,1-4H3;9-10,17-18H,3-8H2,1-2H3. The lowest BCUT2D eigenvalue weighted by Crippen LogP contribution is -2.48. The van der Waals surface area contributed by atoms with Gasteiger partial charge in [0.1, 0.15) is 58.8 Å². The molecule has 5 aliphatic rings. The molecule has 5 heterocycles. The second-order valence-corrected chi connectivity index (χ2v) is 18.1. The zero-order valence-corrected chi connectivity index (χ0v) is 44.7. The Bertz CT molecular complexity index is 1790. The molecule has 0 saturated carbocycles. The van der Waals surface area contributed by atoms with Gasteiger partial charge in [-0.25, -0.2) is 19.2 Å². The van der Waals surface area contributed by atoms with Crippen LogP contribution in [0.4, 0.5) is 19.2 Å². The summed E-state index contributed by atoms with van der Waals surface area (Å²) in [5.74, 6) is -0.314. The molecule has 1 aromatic rings. The van der Waals surface area contributed by atoms with Crippen LogP contribution in [0.1, 0.15) is 77.9 Å². The van der Waals surface area contributed by atoms with Gasteiger partial charge in [0.25, 0.3) is 0 Å². The van der Waals surface area contributed by atoms with E-state index in [0.29, 0.717) is 19.4 Å². The van der Waals surface area contributed by atoms with Gasteiger partial charge in [-0.3, -0.25) is 44.0 Å². The summed E-state index contributed by atoms with van der Waals surface area (Å²) in [5.41, 5.74) is 0.929. The van der Waals surface area contributed by atoms with Gasteiger partial charge >= 0.3 is 30.1 Å². The molecule has 5 aliphatic heterocycles. The van der Waals surface area contributed by atoms with Crippen molar-refractivity contribution < 1.29 is 86.7 Å².